The molecule has 0 saturated heterocycles. The van der Waals surface area contributed by atoms with E-state index in [0.29, 0.717) is 5.56 Å². The molecular formula is C14H17N3O3S. The van der Waals surface area contributed by atoms with Crippen LogP contribution in [0.15, 0.2) is 28.5 Å². The van der Waals surface area contributed by atoms with Crippen LogP contribution in [-0.4, -0.2) is 34.4 Å². The largest absolute Gasteiger partial charge is 0.477 e. The number of hydrogen-bond donors (Lipinski definition) is 1. The molecule has 0 spiro atoms. The number of nitrogens with zero attached hydrogens (tertiary/aromatic N) is 3. The highest BCUT2D eigenvalue weighted by Crippen LogP contribution is 2.17. The first-order valence-corrected chi connectivity index (χ1v) is 7.49. The van der Waals surface area contributed by atoms with Crippen molar-refractivity contribution in [1.82, 2.24) is 9.78 Å². The molecule has 0 aliphatic rings. The van der Waals surface area contributed by atoms with Gasteiger partial charge in [0.15, 0.2) is 0 Å². The number of carboxylic acids is 1. The van der Waals surface area contributed by atoms with Crippen molar-refractivity contribution in [3.05, 3.63) is 44.5 Å². The zero-order chi connectivity index (χ0) is 15.4. The van der Waals surface area contributed by atoms with Gasteiger partial charge in [-0.2, -0.15) is 5.10 Å². The average Bonchev–Trinajstić information content (AvgIpc) is 2.89. The van der Waals surface area contributed by atoms with Gasteiger partial charge in [-0.3, -0.25) is 4.79 Å². The average molecular weight is 307 g/mol. The van der Waals surface area contributed by atoms with Crippen LogP contribution in [0.2, 0.25) is 0 Å². The number of anilines is 1. The number of carboxylic acid groups (broad SMARTS) is 1. The molecule has 0 aromatic carbocycles. The predicted molar refractivity (Wildman–Crippen MR) is 82.4 cm³/mol. The summed E-state index contributed by atoms with van der Waals surface area (Å²) in [5.74, 6) is -0.979. The first-order chi connectivity index (χ1) is 10.0. The molecule has 1 N–H and O–H groups in total. The molecule has 0 aliphatic carbocycles. The van der Waals surface area contributed by atoms with Crippen molar-refractivity contribution in [2.45, 2.75) is 19.9 Å². The van der Waals surface area contributed by atoms with Crippen molar-refractivity contribution >= 4 is 23.0 Å². The third-order valence-electron chi connectivity index (χ3n) is 3.12. The minimum Gasteiger partial charge on any atom is -0.477 e. The zero-order valence-electron chi connectivity index (χ0n) is 11.9. The summed E-state index contributed by atoms with van der Waals surface area (Å²) in [6.45, 7) is 3.08. The number of aromatic nitrogens is 2. The Morgan fingerprint density at radius 1 is 1.52 bits per heavy atom. The van der Waals surface area contributed by atoms with Gasteiger partial charge in [0.25, 0.3) is 5.56 Å². The number of thiophene rings is 1. The van der Waals surface area contributed by atoms with Gasteiger partial charge in [0.05, 0.1) is 18.4 Å². The maximum Gasteiger partial charge on any atom is 0.346 e. The maximum atomic E-state index is 12.1. The van der Waals surface area contributed by atoms with Crippen molar-refractivity contribution < 1.29 is 9.90 Å². The second kappa shape index (κ2) is 6.53. The van der Waals surface area contributed by atoms with Crippen LogP contribution in [0.3, 0.4) is 0 Å². The molecule has 0 bridgehead atoms. The van der Waals surface area contributed by atoms with E-state index in [9.17, 15) is 9.59 Å². The molecule has 21 heavy (non-hydrogen) atoms. The number of aromatic carboxylic acids is 1. The summed E-state index contributed by atoms with van der Waals surface area (Å²) in [7, 11) is 1.91. The number of rotatable bonds is 6. The van der Waals surface area contributed by atoms with Gasteiger partial charge in [0.2, 0.25) is 0 Å². The molecule has 2 aromatic heterocycles. The smallest absolute Gasteiger partial charge is 0.346 e. The molecular weight excluding hydrogens is 290 g/mol. The van der Waals surface area contributed by atoms with Gasteiger partial charge >= 0.3 is 5.97 Å². The summed E-state index contributed by atoms with van der Waals surface area (Å²) in [6, 6.07) is 3.23. The Kier molecular flexibility index (Phi) is 4.74. The quantitative estimate of drug-likeness (QED) is 0.882. The molecule has 6 nitrogen and oxygen atoms in total. The van der Waals surface area contributed by atoms with Crippen molar-refractivity contribution in [3.63, 3.8) is 0 Å². The number of hydrogen-bond acceptors (Lipinski definition) is 5. The predicted octanol–water partition coefficient (Wildman–Crippen LogP) is 1.90. The van der Waals surface area contributed by atoms with Gasteiger partial charge in [-0.1, -0.05) is 6.92 Å². The zero-order valence-corrected chi connectivity index (χ0v) is 12.8. The molecule has 0 unspecified atom stereocenters. The third kappa shape index (κ3) is 3.49. The summed E-state index contributed by atoms with van der Waals surface area (Å²) in [5, 5.41) is 14.9. The standard InChI is InChI=1S/C14H17N3O3S/c1-3-5-16(2)11-7-12(18)17(15-8-11)9-10-4-6-21-13(10)14(19)20/h4,6-8H,3,5,9H2,1-2H3,(H,19,20). The summed E-state index contributed by atoms with van der Waals surface area (Å²) in [6.07, 6.45) is 2.61. The first kappa shape index (κ1) is 15.2. The highest BCUT2D eigenvalue weighted by molar-refractivity contribution is 7.12. The van der Waals surface area contributed by atoms with E-state index in [0.717, 1.165) is 30.0 Å². The first-order valence-electron chi connectivity index (χ1n) is 6.61. The fourth-order valence-corrected chi connectivity index (χ4v) is 2.78. The van der Waals surface area contributed by atoms with Crippen LogP contribution in [0, 0.1) is 0 Å². The fraction of sp³-hybridized carbons (Fsp3) is 0.357. The summed E-state index contributed by atoms with van der Waals surface area (Å²) in [5.41, 5.74) is 1.12. The van der Waals surface area contributed by atoms with Gasteiger partial charge in [-0.15, -0.1) is 11.3 Å². The summed E-state index contributed by atoms with van der Waals surface area (Å²) < 4.78 is 1.28. The van der Waals surface area contributed by atoms with Gasteiger partial charge in [0, 0.05) is 19.7 Å². The molecule has 2 heterocycles. The maximum absolute atomic E-state index is 12.1. The van der Waals surface area contributed by atoms with Crippen LogP contribution in [0.4, 0.5) is 5.69 Å². The molecule has 0 aliphatic heterocycles. The van der Waals surface area contributed by atoms with E-state index in [4.69, 9.17) is 5.11 Å². The Hall–Kier alpha value is -2.15. The van der Waals surface area contributed by atoms with Crippen molar-refractivity contribution in [2.75, 3.05) is 18.5 Å². The number of carbonyl (C=O) groups is 1. The van der Waals surface area contributed by atoms with Gasteiger partial charge < -0.3 is 10.0 Å². The van der Waals surface area contributed by atoms with Crippen LogP contribution in [-0.2, 0) is 6.54 Å². The van der Waals surface area contributed by atoms with Crippen LogP contribution in [0.25, 0.3) is 0 Å². The van der Waals surface area contributed by atoms with E-state index in [-0.39, 0.29) is 17.0 Å². The second-order valence-electron chi connectivity index (χ2n) is 4.71. The molecule has 112 valence electrons. The van der Waals surface area contributed by atoms with E-state index in [1.165, 1.54) is 10.7 Å². The molecule has 7 heteroatoms. The minimum atomic E-state index is -0.979. The topological polar surface area (TPSA) is 75.4 Å². The Labute approximate surface area is 126 Å². The lowest BCUT2D eigenvalue weighted by molar-refractivity contribution is 0.0701. The Morgan fingerprint density at radius 2 is 2.29 bits per heavy atom. The highest BCUT2D eigenvalue weighted by Gasteiger charge is 2.13. The third-order valence-corrected chi connectivity index (χ3v) is 4.06. The monoisotopic (exact) mass is 307 g/mol. The lowest BCUT2D eigenvalue weighted by atomic mass is 10.2. The lowest BCUT2D eigenvalue weighted by Crippen LogP contribution is -2.26. The highest BCUT2D eigenvalue weighted by atomic mass is 32.1. The van der Waals surface area contributed by atoms with Crippen LogP contribution < -0.4 is 10.5 Å². The van der Waals surface area contributed by atoms with Gasteiger partial charge in [-0.05, 0) is 23.4 Å². The second-order valence-corrected chi connectivity index (χ2v) is 5.63. The molecule has 0 fully saturated rings. The Bertz CT molecular complexity index is 693. The lowest BCUT2D eigenvalue weighted by Gasteiger charge is -2.17. The summed E-state index contributed by atoms with van der Waals surface area (Å²) >= 11 is 1.15. The van der Waals surface area contributed by atoms with Crippen molar-refractivity contribution in [1.29, 1.82) is 0 Å². The van der Waals surface area contributed by atoms with E-state index < -0.39 is 5.97 Å². The molecule has 0 amide bonds. The van der Waals surface area contributed by atoms with E-state index in [2.05, 4.69) is 12.0 Å². The molecule has 0 atom stereocenters. The normalized spacial score (nSPS) is 10.6. The van der Waals surface area contributed by atoms with Crippen molar-refractivity contribution in [2.24, 2.45) is 0 Å². The molecule has 0 radical (unpaired) electrons. The van der Waals surface area contributed by atoms with E-state index >= 15 is 0 Å². The van der Waals surface area contributed by atoms with E-state index in [1.54, 1.807) is 17.6 Å². The van der Waals surface area contributed by atoms with E-state index in [1.807, 2.05) is 11.9 Å². The molecule has 0 saturated carbocycles. The summed E-state index contributed by atoms with van der Waals surface area (Å²) in [4.78, 5) is 25.4. The fourth-order valence-electron chi connectivity index (χ4n) is 2.03. The van der Waals surface area contributed by atoms with Crippen molar-refractivity contribution in [3.8, 4) is 0 Å². The SMILES string of the molecule is CCCN(C)c1cnn(Cc2ccsc2C(=O)O)c(=O)c1. The van der Waals surface area contributed by atoms with Crippen LogP contribution >= 0.6 is 11.3 Å². The Morgan fingerprint density at radius 3 is 2.90 bits per heavy atom. The van der Waals surface area contributed by atoms with Crippen LogP contribution in [0.1, 0.15) is 28.6 Å². The van der Waals surface area contributed by atoms with Gasteiger partial charge in [-0.25, -0.2) is 9.48 Å². The van der Waals surface area contributed by atoms with Crippen LogP contribution in [0.5, 0.6) is 0 Å². The molecule has 2 rings (SSSR count). The van der Waals surface area contributed by atoms with Gasteiger partial charge in [0.1, 0.15) is 4.88 Å². The minimum absolute atomic E-state index is 0.168. The Balaban J connectivity index is 2.24. The molecule has 2 aromatic rings.